The van der Waals surface area contributed by atoms with Crippen LogP contribution >= 0.6 is 0 Å². The summed E-state index contributed by atoms with van der Waals surface area (Å²) in [4.78, 5) is 24.9. The van der Waals surface area contributed by atoms with E-state index < -0.39 is 23.5 Å². The predicted molar refractivity (Wildman–Crippen MR) is 88.2 cm³/mol. The first-order valence-electron chi connectivity index (χ1n) is 7.91. The molecule has 124 valence electrons. The second-order valence-electron chi connectivity index (χ2n) is 7.15. The molecule has 0 N–H and O–H groups in total. The van der Waals surface area contributed by atoms with E-state index in [-0.39, 0.29) is 11.8 Å². The second-order valence-corrected chi connectivity index (χ2v) is 7.15. The van der Waals surface area contributed by atoms with Crippen LogP contribution in [0.15, 0.2) is 36.4 Å². The van der Waals surface area contributed by atoms with E-state index in [2.05, 4.69) is 0 Å². The third kappa shape index (κ3) is 4.21. The molecule has 0 fully saturated rings. The third-order valence-electron chi connectivity index (χ3n) is 3.68. The number of cyclic esters (lactones) is 1. The Labute approximate surface area is 137 Å². The Balaban J connectivity index is 2.34. The minimum Gasteiger partial charge on any atom is -0.459 e. The Morgan fingerprint density at radius 3 is 2.30 bits per heavy atom. The van der Waals surface area contributed by atoms with Crippen LogP contribution in [0.1, 0.15) is 40.2 Å². The molecule has 0 saturated heterocycles. The summed E-state index contributed by atoms with van der Waals surface area (Å²) in [5.41, 5.74) is 0.191. The molecule has 0 unspecified atom stereocenters. The average Bonchev–Trinajstić information content (AvgIpc) is 2.45. The normalized spacial score (nSPS) is 21.7. The van der Waals surface area contributed by atoms with Gasteiger partial charge in [0, 0.05) is 11.5 Å². The zero-order chi connectivity index (χ0) is 17.2. The van der Waals surface area contributed by atoms with E-state index in [0.29, 0.717) is 5.76 Å². The number of hydrogen-bond donors (Lipinski definition) is 0. The molecular formula is C19H24O4. The maximum absolute atomic E-state index is 12.5. The fourth-order valence-corrected chi connectivity index (χ4v) is 2.59. The molecular weight excluding hydrogens is 292 g/mol. The van der Waals surface area contributed by atoms with Crippen molar-refractivity contribution in [2.45, 2.75) is 40.2 Å². The molecule has 0 saturated carbocycles. The van der Waals surface area contributed by atoms with Crippen molar-refractivity contribution in [1.82, 2.24) is 0 Å². The molecule has 4 nitrogen and oxygen atoms in total. The van der Waals surface area contributed by atoms with Gasteiger partial charge in [-0.25, -0.2) is 0 Å². The van der Waals surface area contributed by atoms with Gasteiger partial charge in [-0.15, -0.1) is 0 Å². The van der Waals surface area contributed by atoms with Gasteiger partial charge < -0.3 is 9.47 Å². The largest absolute Gasteiger partial charge is 0.459 e. The van der Waals surface area contributed by atoms with Crippen molar-refractivity contribution in [3.8, 4) is 0 Å². The summed E-state index contributed by atoms with van der Waals surface area (Å²) in [5, 5.41) is 0. The first kappa shape index (κ1) is 17.3. The lowest BCUT2D eigenvalue weighted by Gasteiger charge is -2.32. The lowest BCUT2D eigenvalue weighted by atomic mass is 9.81. The first-order valence-corrected chi connectivity index (χ1v) is 7.91. The molecule has 2 rings (SSSR count). The van der Waals surface area contributed by atoms with Crippen molar-refractivity contribution in [2.75, 3.05) is 0 Å². The summed E-state index contributed by atoms with van der Waals surface area (Å²) in [6, 6.07) is 9.43. The van der Waals surface area contributed by atoms with Crippen LogP contribution in [0.2, 0.25) is 0 Å². The topological polar surface area (TPSA) is 52.6 Å². The number of ether oxygens (including phenoxy) is 2. The van der Waals surface area contributed by atoms with Crippen LogP contribution in [-0.4, -0.2) is 17.5 Å². The van der Waals surface area contributed by atoms with E-state index in [4.69, 9.17) is 9.47 Å². The molecule has 0 radical (unpaired) electrons. The van der Waals surface area contributed by atoms with E-state index in [1.165, 1.54) is 0 Å². The lowest BCUT2D eigenvalue weighted by Crippen LogP contribution is -2.41. The molecule has 1 aliphatic heterocycles. The van der Waals surface area contributed by atoms with E-state index in [9.17, 15) is 9.59 Å². The minimum atomic E-state index is -0.915. The second kappa shape index (κ2) is 6.57. The first-order chi connectivity index (χ1) is 10.7. The highest BCUT2D eigenvalue weighted by Crippen LogP contribution is 2.35. The van der Waals surface area contributed by atoms with Crippen LogP contribution in [0.4, 0.5) is 0 Å². The molecule has 0 spiro atoms. The molecule has 1 aromatic carbocycles. The highest BCUT2D eigenvalue weighted by atomic mass is 16.6. The van der Waals surface area contributed by atoms with Gasteiger partial charge in [0.1, 0.15) is 11.4 Å². The van der Waals surface area contributed by atoms with Gasteiger partial charge in [0.25, 0.3) is 0 Å². The van der Waals surface area contributed by atoms with Crippen molar-refractivity contribution in [2.24, 2.45) is 17.8 Å². The SMILES string of the molecule is CC(C)[C@@H]1C=C(c2ccccc2)OC(=O)[C@H]1C(=O)OC(C)(C)C. The van der Waals surface area contributed by atoms with Crippen LogP contribution in [0.3, 0.4) is 0 Å². The molecule has 0 amide bonds. The highest BCUT2D eigenvalue weighted by molar-refractivity contribution is 5.99. The van der Waals surface area contributed by atoms with Gasteiger partial charge in [-0.1, -0.05) is 44.2 Å². The number of esters is 2. The highest BCUT2D eigenvalue weighted by Gasteiger charge is 2.43. The fraction of sp³-hybridized carbons (Fsp3) is 0.474. The van der Waals surface area contributed by atoms with Gasteiger partial charge in [0.15, 0.2) is 5.92 Å². The minimum absolute atomic E-state index is 0.110. The van der Waals surface area contributed by atoms with Gasteiger partial charge in [0.2, 0.25) is 0 Å². The van der Waals surface area contributed by atoms with Crippen molar-refractivity contribution < 1.29 is 19.1 Å². The number of allylic oxidation sites excluding steroid dienone is 1. The Kier molecular flexibility index (Phi) is 4.93. The van der Waals surface area contributed by atoms with E-state index >= 15 is 0 Å². The maximum atomic E-state index is 12.5. The summed E-state index contributed by atoms with van der Waals surface area (Å²) in [6.45, 7) is 9.33. The summed E-state index contributed by atoms with van der Waals surface area (Å²) < 4.78 is 10.8. The molecule has 23 heavy (non-hydrogen) atoms. The number of carbonyl (C=O) groups is 2. The number of hydrogen-bond acceptors (Lipinski definition) is 4. The Morgan fingerprint density at radius 2 is 1.78 bits per heavy atom. The van der Waals surface area contributed by atoms with Gasteiger partial charge in [-0.2, -0.15) is 0 Å². The average molecular weight is 316 g/mol. The fourth-order valence-electron chi connectivity index (χ4n) is 2.59. The van der Waals surface area contributed by atoms with Gasteiger partial charge >= 0.3 is 11.9 Å². The zero-order valence-corrected chi connectivity index (χ0v) is 14.3. The van der Waals surface area contributed by atoms with E-state index in [1.54, 1.807) is 20.8 Å². The van der Waals surface area contributed by atoms with Crippen LogP contribution in [0.25, 0.3) is 5.76 Å². The molecule has 1 aromatic rings. The van der Waals surface area contributed by atoms with Crippen LogP contribution in [0.5, 0.6) is 0 Å². The Hall–Kier alpha value is -2.10. The quantitative estimate of drug-likeness (QED) is 0.628. The predicted octanol–water partition coefficient (Wildman–Crippen LogP) is 3.81. The summed E-state index contributed by atoms with van der Waals surface area (Å²) in [6.07, 6.45) is 1.87. The Bertz CT molecular complexity index is 608. The third-order valence-corrected chi connectivity index (χ3v) is 3.68. The van der Waals surface area contributed by atoms with Crippen LogP contribution < -0.4 is 0 Å². The summed E-state index contributed by atoms with van der Waals surface area (Å²) in [5.74, 6) is -1.61. The molecule has 0 aromatic heterocycles. The van der Waals surface area contributed by atoms with E-state index in [0.717, 1.165) is 5.56 Å². The molecule has 0 aliphatic carbocycles. The lowest BCUT2D eigenvalue weighted by molar-refractivity contribution is -0.170. The molecule has 4 heteroatoms. The molecule has 2 atom stereocenters. The van der Waals surface area contributed by atoms with Gasteiger partial charge in [-0.3, -0.25) is 9.59 Å². The molecule has 1 heterocycles. The number of carbonyl (C=O) groups excluding carboxylic acids is 2. The maximum Gasteiger partial charge on any atom is 0.326 e. The van der Waals surface area contributed by atoms with Gasteiger partial charge in [-0.05, 0) is 32.8 Å². The van der Waals surface area contributed by atoms with Crippen LogP contribution in [0, 0.1) is 17.8 Å². The summed E-state index contributed by atoms with van der Waals surface area (Å²) in [7, 11) is 0. The zero-order valence-electron chi connectivity index (χ0n) is 14.3. The molecule has 1 aliphatic rings. The Morgan fingerprint density at radius 1 is 1.17 bits per heavy atom. The smallest absolute Gasteiger partial charge is 0.326 e. The molecule has 0 bridgehead atoms. The van der Waals surface area contributed by atoms with Crippen molar-refractivity contribution in [3.05, 3.63) is 42.0 Å². The summed E-state index contributed by atoms with van der Waals surface area (Å²) >= 11 is 0. The van der Waals surface area contributed by atoms with Gasteiger partial charge in [0.05, 0.1) is 0 Å². The monoisotopic (exact) mass is 316 g/mol. The number of benzene rings is 1. The van der Waals surface area contributed by atoms with Crippen molar-refractivity contribution >= 4 is 17.7 Å². The standard InChI is InChI=1S/C19H24O4/c1-12(2)14-11-15(13-9-7-6-8-10-13)22-17(20)16(14)18(21)23-19(3,4)5/h6-12,14,16H,1-5H3/t14-,16-/m0/s1. The van der Waals surface area contributed by atoms with Crippen molar-refractivity contribution in [1.29, 1.82) is 0 Å². The number of rotatable bonds is 3. The van der Waals surface area contributed by atoms with Crippen LogP contribution in [-0.2, 0) is 19.1 Å². The van der Waals surface area contributed by atoms with E-state index in [1.807, 2.05) is 50.3 Å². The van der Waals surface area contributed by atoms with Crippen molar-refractivity contribution in [3.63, 3.8) is 0 Å².